The number of carbonyl (C=O) groups is 1. The summed E-state index contributed by atoms with van der Waals surface area (Å²) in [7, 11) is 0. The van der Waals surface area contributed by atoms with E-state index in [4.69, 9.17) is 10.5 Å². The fraction of sp³-hybridized carbons (Fsp3) is 0.133. The Morgan fingerprint density at radius 2 is 2.10 bits per heavy atom. The van der Waals surface area contributed by atoms with Gasteiger partial charge in [0, 0.05) is 22.8 Å². The zero-order chi connectivity index (χ0) is 15.2. The maximum absolute atomic E-state index is 13.3. The van der Waals surface area contributed by atoms with Gasteiger partial charge >= 0.3 is 0 Å². The highest BCUT2D eigenvalue weighted by molar-refractivity contribution is 9.10. The number of carbonyl (C=O) groups excluding carboxylic acids is 1. The zero-order valence-corrected chi connectivity index (χ0v) is 12.7. The molecule has 2 aromatic carbocycles. The van der Waals surface area contributed by atoms with Crippen LogP contribution in [0.5, 0.6) is 5.75 Å². The van der Waals surface area contributed by atoms with E-state index >= 15 is 0 Å². The number of hydrogen-bond acceptors (Lipinski definition) is 3. The molecule has 0 radical (unpaired) electrons. The lowest BCUT2D eigenvalue weighted by atomic mass is 10.2. The average molecular weight is 353 g/mol. The molecule has 110 valence electrons. The molecule has 2 aromatic rings. The van der Waals surface area contributed by atoms with Gasteiger partial charge in [0.25, 0.3) is 5.91 Å². The molecule has 0 atom stereocenters. The first kappa shape index (κ1) is 15.5. The van der Waals surface area contributed by atoms with Crippen LogP contribution in [0.2, 0.25) is 0 Å². The minimum absolute atomic E-state index is 0.207. The number of rotatable bonds is 5. The summed E-state index contributed by atoms with van der Waals surface area (Å²) in [6.07, 6.45) is 0. The molecule has 3 N–H and O–H groups in total. The fourth-order valence-corrected chi connectivity index (χ4v) is 2.13. The minimum Gasteiger partial charge on any atom is -0.484 e. The summed E-state index contributed by atoms with van der Waals surface area (Å²) >= 11 is 3.32. The van der Waals surface area contributed by atoms with Gasteiger partial charge < -0.3 is 15.8 Å². The van der Waals surface area contributed by atoms with Gasteiger partial charge in [-0.3, -0.25) is 4.79 Å². The highest BCUT2D eigenvalue weighted by Gasteiger charge is 2.06. The van der Waals surface area contributed by atoms with Crippen molar-refractivity contribution in [3.63, 3.8) is 0 Å². The minimum atomic E-state index is -0.444. The predicted molar refractivity (Wildman–Crippen MR) is 82.6 cm³/mol. The standard InChI is InChI=1S/C15H14BrFN2O2/c16-11-2-1-3-13(6-11)19-15(20)9-21-14-5-10(8-18)4-12(17)7-14/h1-7H,8-9,18H2,(H,19,20). The van der Waals surface area contributed by atoms with E-state index in [2.05, 4.69) is 21.2 Å². The molecule has 0 bridgehead atoms. The number of halogens is 2. The molecule has 0 unspecified atom stereocenters. The molecule has 0 saturated heterocycles. The van der Waals surface area contributed by atoms with Crippen LogP contribution in [0.15, 0.2) is 46.9 Å². The quantitative estimate of drug-likeness (QED) is 0.868. The highest BCUT2D eigenvalue weighted by atomic mass is 79.9. The third-order valence-corrected chi connectivity index (χ3v) is 3.14. The maximum Gasteiger partial charge on any atom is 0.262 e. The Labute approximate surface area is 130 Å². The second-order valence-electron chi connectivity index (χ2n) is 4.35. The number of amides is 1. The van der Waals surface area contributed by atoms with Crippen LogP contribution in [0.25, 0.3) is 0 Å². The molecule has 0 saturated carbocycles. The summed E-state index contributed by atoms with van der Waals surface area (Å²) in [4.78, 5) is 11.8. The van der Waals surface area contributed by atoms with E-state index in [1.54, 1.807) is 24.3 Å². The van der Waals surface area contributed by atoms with Gasteiger partial charge in [-0.05, 0) is 35.9 Å². The van der Waals surface area contributed by atoms with E-state index in [-0.39, 0.29) is 24.8 Å². The van der Waals surface area contributed by atoms with Crippen LogP contribution in [-0.2, 0) is 11.3 Å². The van der Waals surface area contributed by atoms with Gasteiger partial charge in [-0.25, -0.2) is 4.39 Å². The van der Waals surface area contributed by atoms with E-state index in [1.165, 1.54) is 12.1 Å². The van der Waals surface area contributed by atoms with Crippen molar-refractivity contribution in [2.45, 2.75) is 6.54 Å². The number of nitrogens with two attached hydrogens (primary N) is 1. The van der Waals surface area contributed by atoms with Crippen molar-refractivity contribution in [2.75, 3.05) is 11.9 Å². The second kappa shape index (κ2) is 7.19. The molecule has 0 heterocycles. The Balaban J connectivity index is 1.93. The lowest BCUT2D eigenvalue weighted by Gasteiger charge is -2.09. The van der Waals surface area contributed by atoms with Gasteiger partial charge in [0.2, 0.25) is 0 Å². The topological polar surface area (TPSA) is 64.3 Å². The molecule has 0 aliphatic heterocycles. The van der Waals surface area contributed by atoms with Crippen molar-refractivity contribution in [3.8, 4) is 5.75 Å². The number of anilines is 1. The predicted octanol–water partition coefficient (Wildman–Crippen LogP) is 3.06. The summed E-state index contributed by atoms with van der Waals surface area (Å²) in [5.41, 5.74) is 6.72. The Kier molecular flexibility index (Phi) is 5.30. The molecule has 1 amide bonds. The third-order valence-electron chi connectivity index (χ3n) is 2.65. The summed E-state index contributed by atoms with van der Waals surface area (Å²) in [5.74, 6) is -0.494. The Bertz CT molecular complexity index is 649. The Morgan fingerprint density at radius 1 is 1.29 bits per heavy atom. The molecule has 2 rings (SSSR count). The average Bonchev–Trinajstić information content (AvgIpc) is 2.44. The van der Waals surface area contributed by atoms with E-state index < -0.39 is 5.82 Å². The molecule has 4 nitrogen and oxygen atoms in total. The van der Waals surface area contributed by atoms with Crippen LogP contribution in [0.1, 0.15) is 5.56 Å². The molecular formula is C15H14BrFN2O2. The smallest absolute Gasteiger partial charge is 0.262 e. The second-order valence-corrected chi connectivity index (χ2v) is 5.26. The van der Waals surface area contributed by atoms with Gasteiger partial charge in [0.1, 0.15) is 11.6 Å². The van der Waals surface area contributed by atoms with Gasteiger partial charge in [0.15, 0.2) is 6.61 Å². The van der Waals surface area contributed by atoms with Crippen molar-refractivity contribution in [3.05, 3.63) is 58.3 Å². The molecule has 21 heavy (non-hydrogen) atoms. The summed E-state index contributed by atoms with van der Waals surface area (Å²) < 4.78 is 19.4. The van der Waals surface area contributed by atoms with Crippen molar-refractivity contribution >= 4 is 27.5 Å². The summed E-state index contributed by atoms with van der Waals surface area (Å²) in [6, 6.07) is 11.3. The highest BCUT2D eigenvalue weighted by Crippen LogP contribution is 2.17. The molecule has 0 aliphatic carbocycles. The first-order valence-corrected chi connectivity index (χ1v) is 7.04. The zero-order valence-electron chi connectivity index (χ0n) is 11.1. The van der Waals surface area contributed by atoms with E-state index in [9.17, 15) is 9.18 Å². The molecule has 0 fully saturated rings. The normalized spacial score (nSPS) is 10.2. The molecular weight excluding hydrogens is 339 g/mol. The number of nitrogens with one attached hydrogen (secondary N) is 1. The largest absolute Gasteiger partial charge is 0.484 e. The van der Waals surface area contributed by atoms with Crippen LogP contribution >= 0.6 is 15.9 Å². The monoisotopic (exact) mass is 352 g/mol. The molecule has 0 aliphatic rings. The third kappa shape index (κ3) is 4.84. The lowest BCUT2D eigenvalue weighted by Crippen LogP contribution is -2.20. The molecule has 0 aromatic heterocycles. The van der Waals surface area contributed by atoms with E-state index in [0.717, 1.165) is 4.47 Å². The first-order valence-electron chi connectivity index (χ1n) is 6.24. The van der Waals surface area contributed by atoms with Crippen molar-refractivity contribution in [1.29, 1.82) is 0 Å². The summed E-state index contributed by atoms with van der Waals surface area (Å²) in [6.45, 7) is -0.00165. The van der Waals surface area contributed by atoms with Crippen LogP contribution in [0.4, 0.5) is 10.1 Å². The molecule has 0 spiro atoms. The van der Waals surface area contributed by atoms with Gasteiger partial charge in [-0.2, -0.15) is 0 Å². The van der Waals surface area contributed by atoms with E-state index in [0.29, 0.717) is 11.3 Å². The van der Waals surface area contributed by atoms with Crippen LogP contribution in [0.3, 0.4) is 0 Å². The number of hydrogen-bond donors (Lipinski definition) is 2. The van der Waals surface area contributed by atoms with E-state index in [1.807, 2.05) is 6.07 Å². The van der Waals surface area contributed by atoms with Crippen molar-refractivity contribution in [1.82, 2.24) is 0 Å². The number of ether oxygens (including phenoxy) is 1. The van der Waals surface area contributed by atoms with Crippen molar-refractivity contribution < 1.29 is 13.9 Å². The summed E-state index contributed by atoms with van der Waals surface area (Å²) in [5, 5.41) is 2.68. The fourth-order valence-electron chi connectivity index (χ4n) is 1.73. The Morgan fingerprint density at radius 3 is 2.81 bits per heavy atom. The van der Waals surface area contributed by atoms with Gasteiger partial charge in [0.05, 0.1) is 0 Å². The maximum atomic E-state index is 13.3. The van der Waals surface area contributed by atoms with Crippen LogP contribution < -0.4 is 15.8 Å². The Hall–Kier alpha value is -1.92. The SMILES string of the molecule is NCc1cc(F)cc(OCC(=O)Nc2cccc(Br)c2)c1. The van der Waals surface area contributed by atoms with Gasteiger partial charge in [-0.1, -0.05) is 22.0 Å². The van der Waals surface area contributed by atoms with Crippen molar-refractivity contribution in [2.24, 2.45) is 5.73 Å². The lowest BCUT2D eigenvalue weighted by molar-refractivity contribution is -0.118. The van der Waals surface area contributed by atoms with Gasteiger partial charge in [-0.15, -0.1) is 0 Å². The van der Waals surface area contributed by atoms with Crippen LogP contribution in [-0.4, -0.2) is 12.5 Å². The van der Waals surface area contributed by atoms with Crippen LogP contribution in [0, 0.1) is 5.82 Å². The first-order chi connectivity index (χ1) is 10.1. The number of benzene rings is 2. The molecule has 6 heteroatoms.